The van der Waals surface area contributed by atoms with Crippen molar-refractivity contribution >= 4 is 23.5 Å². The largest absolute Gasteiger partial charge is 0.481 e. The highest BCUT2D eigenvalue weighted by Gasteiger charge is 2.27. The lowest BCUT2D eigenvalue weighted by Gasteiger charge is -2.31. The molecule has 0 spiro atoms. The SMILES string of the molecule is CCCC(CC)N(C(=O)Nc1cc(OC)ncn1)c1nc(C(C)=O)ccc1C. The second kappa shape index (κ2) is 9.77. The van der Waals surface area contributed by atoms with Crippen LogP contribution in [0.5, 0.6) is 5.88 Å². The minimum Gasteiger partial charge on any atom is -0.481 e. The number of urea groups is 1. The number of ether oxygens (including phenoxy) is 1. The number of carbonyl (C=O) groups excluding carboxylic acids is 2. The number of amides is 2. The van der Waals surface area contributed by atoms with Crippen molar-refractivity contribution in [2.45, 2.75) is 53.0 Å². The molecule has 150 valence electrons. The molecule has 0 bridgehead atoms. The molecule has 0 saturated heterocycles. The summed E-state index contributed by atoms with van der Waals surface area (Å²) in [4.78, 5) is 39.2. The van der Waals surface area contributed by atoms with Crippen molar-refractivity contribution in [2.24, 2.45) is 0 Å². The molecule has 0 fully saturated rings. The summed E-state index contributed by atoms with van der Waals surface area (Å²) in [5, 5.41) is 2.80. The monoisotopic (exact) mass is 385 g/mol. The number of hydrogen-bond donors (Lipinski definition) is 1. The lowest BCUT2D eigenvalue weighted by atomic mass is 10.1. The lowest BCUT2D eigenvalue weighted by molar-refractivity contribution is 0.101. The van der Waals surface area contributed by atoms with E-state index in [1.165, 1.54) is 20.4 Å². The molecular formula is C20H27N5O3. The Balaban J connectivity index is 2.45. The third-order valence-corrected chi connectivity index (χ3v) is 4.42. The Morgan fingerprint density at radius 1 is 1.25 bits per heavy atom. The Hall–Kier alpha value is -3.03. The van der Waals surface area contributed by atoms with Crippen LogP contribution in [-0.4, -0.2) is 39.9 Å². The minimum atomic E-state index is -0.364. The lowest BCUT2D eigenvalue weighted by Crippen LogP contribution is -2.44. The Labute approximate surface area is 165 Å². The van der Waals surface area contributed by atoms with Gasteiger partial charge in [-0.25, -0.2) is 19.7 Å². The number of pyridine rings is 1. The first-order chi connectivity index (χ1) is 13.4. The highest BCUT2D eigenvalue weighted by atomic mass is 16.5. The first-order valence-electron chi connectivity index (χ1n) is 9.36. The molecule has 8 nitrogen and oxygen atoms in total. The zero-order valence-electron chi connectivity index (χ0n) is 17.0. The van der Waals surface area contributed by atoms with Gasteiger partial charge < -0.3 is 4.74 Å². The van der Waals surface area contributed by atoms with Gasteiger partial charge in [0.25, 0.3) is 0 Å². The average Bonchev–Trinajstić information content (AvgIpc) is 2.68. The second-order valence-electron chi connectivity index (χ2n) is 6.49. The molecular weight excluding hydrogens is 358 g/mol. The summed E-state index contributed by atoms with van der Waals surface area (Å²) < 4.78 is 5.08. The fraction of sp³-hybridized carbons (Fsp3) is 0.450. The predicted molar refractivity (Wildman–Crippen MR) is 108 cm³/mol. The minimum absolute atomic E-state index is 0.0675. The van der Waals surface area contributed by atoms with E-state index in [4.69, 9.17) is 4.74 Å². The van der Waals surface area contributed by atoms with Crippen LogP contribution in [-0.2, 0) is 0 Å². The average molecular weight is 385 g/mol. The standard InChI is InChI=1S/C20H27N5O3/c1-6-8-15(7-2)25(19-13(3)9-10-16(23-19)14(4)26)20(27)24-17-11-18(28-5)22-12-21-17/h9-12,15H,6-8H2,1-5H3,(H,21,22,24,27). The Kier molecular flexibility index (Phi) is 7.43. The number of anilines is 2. The fourth-order valence-electron chi connectivity index (χ4n) is 2.93. The molecule has 0 aliphatic carbocycles. The fourth-order valence-corrected chi connectivity index (χ4v) is 2.93. The zero-order chi connectivity index (χ0) is 20.7. The van der Waals surface area contributed by atoms with Crippen molar-refractivity contribution < 1.29 is 14.3 Å². The maximum atomic E-state index is 13.2. The predicted octanol–water partition coefficient (Wildman–Crippen LogP) is 4.01. The van der Waals surface area contributed by atoms with Crippen LogP contribution in [0.3, 0.4) is 0 Å². The molecule has 0 radical (unpaired) electrons. The molecule has 2 aromatic heterocycles. The molecule has 0 aliphatic rings. The first kappa shape index (κ1) is 21.3. The topological polar surface area (TPSA) is 97.3 Å². The van der Waals surface area contributed by atoms with Crippen molar-refractivity contribution in [1.29, 1.82) is 0 Å². The third-order valence-electron chi connectivity index (χ3n) is 4.42. The van der Waals surface area contributed by atoms with Crippen molar-refractivity contribution in [3.63, 3.8) is 0 Å². The third kappa shape index (κ3) is 5.03. The number of carbonyl (C=O) groups is 2. The van der Waals surface area contributed by atoms with Crippen LogP contribution in [0.15, 0.2) is 24.5 Å². The van der Waals surface area contributed by atoms with Crippen LogP contribution >= 0.6 is 0 Å². The molecule has 2 amide bonds. The van der Waals surface area contributed by atoms with E-state index >= 15 is 0 Å². The van der Waals surface area contributed by atoms with Crippen LogP contribution < -0.4 is 15.0 Å². The van der Waals surface area contributed by atoms with Crippen molar-refractivity contribution in [1.82, 2.24) is 15.0 Å². The molecule has 1 N–H and O–H groups in total. The maximum absolute atomic E-state index is 13.2. The van der Waals surface area contributed by atoms with Gasteiger partial charge in [0, 0.05) is 19.0 Å². The van der Waals surface area contributed by atoms with E-state index in [-0.39, 0.29) is 17.9 Å². The number of ketones is 1. The Morgan fingerprint density at radius 3 is 2.61 bits per heavy atom. The molecule has 28 heavy (non-hydrogen) atoms. The number of Topliss-reactive ketones (excluding diaryl/α,β-unsaturated/α-hetero) is 1. The highest BCUT2D eigenvalue weighted by Crippen LogP contribution is 2.25. The van der Waals surface area contributed by atoms with E-state index in [0.29, 0.717) is 23.2 Å². The maximum Gasteiger partial charge on any atom is 0.328 e. The number of nitrogens with one attached hydrogen (secondary N) is 1. The molecule has 1 unspecified atom stereocenters. The van der Waals surface area contributed by atoms with E-state index in [2.05, 4.69) is 27.2 Å². The summed E-state index contributed by atoms with van der Waals surface area (Å²) in [5.41, 5.74) is 1.14. The van der Waals surface area contributed by atoms with Gasteiger partial charge in [-0.2, -0.15) is 0 Å². The molecule has 8 heteroatoms. The number of nitrogens with zero attached hydrogens (tertiary/aromatic N) is 4. The van der Waals surface area contributed by atoms with E-state index in [1.54, 1.807) is 17.0 Å². The van der Waals surface area contributed by atoms with Crippen molar-refractivity contribution in [3.05, 3.63) is 35.8 Å². The van der Waals surface area contributed by atoms with Gasteiger partial charge in [-0.1, -0.05) is 26.3 Å². The summed E-state index contributed by atoms with van der Waals surface area (Å²) in [6, 6.07) is 4.60. The van der Waals surface area contributed by atoms with Gasteiger partial charge in [-0.05, 0) is 31.4 Å². The van der Waals surface area contributed by atoms with Gasteiger partial charge >= 0.3 is 6.03 Å². The first-order valence-corrected chi connectivity index (χ1v) is 9.36. The summed E-state index contributed by atoms with van der Waals surface area (Å²) in [5.74, 6) is 1.01. The number of aromatic nitrogens is 3. The smallest absolute Gasteiger partial charge is 0.328 e. The zero-order valence-corrected chi connectivity index (χ0v) is 17.0. The summed E-state index contributed by atoms with van der Waals surface area (Å²) in [6.45, 7) is 7.43. The molecule has 2 aromatic rings. The van der Waals surface area contributed by atoms with Gasteiger partial charge in [0.2, 0.25) is 5.88 Å². The summed E-state index contributed by atoms with van der Waals surface area (Å²) in [7, 11) is 1.50. The number of rotatable bonds is 8. The van der Waals surface area contributed by atoms with Crippen LogP contribution in [0.25, 0.3) is 0 Å². The van der Waals surface area contributed by atoms with E-state index in [1.807, 2.05) is 19.9 Å². The van der Waals surface area contributed by atoms with Crippen LogP contribution in [0, 0.1) is 6.92 Å². The summed E-state index contributed by atoms with van der Waals surface area (Å²) >= 11 is 0. The van der Waals surface area contributed by atoms with Gasteiger partial charge in [0.05, 0.1) is 7.11 Å². The second-order valence-corrected chi connectivity index (χ2v) is 6.49. The molecule has 1 atom stereocenters. The molecule has 0 saturated carbocycles. The van der Waals surface area contributed by atoms with Gasteiger partial charge in [0.15, 0.2) is 5.78 Å². The van der Waals surface area contributed by atoms with Crippen molar-refractivity contribution in [3.8, 4) is 5.88 Å². The summed E-state index contributed by atoms with van der Waals surface area (Å²) in [6.07, 6.45) is 3.79. The Morgan fingerprint density at radius 2 is 2.00 bits per heavy atom. The Bertz CT molecular complexity index is 840. The van der Waals surface area contributed by atoms with Crippen LogP contribution in [0.2, 0.25) is 0 Å². The van der Waals surface area contributed by atoms with Gasteiger partial charge in [-0.15, -0.1) is 0 Å². The van der Waals surface area contributed by atoms with Gasteiger partial charge in [-0.3, -0.25) is 15.0 Å². The van der Waals surface area contributed by atoms with E-state index in [0.717, 1.165) is 24.8 Å². The van der Waals surface area contributed by atoms with Crippen molar-refractivity contribution in [2.75, 3.05) is 17.3 Å². The quantitative estimate of drug-likeness (QED) is 0.690. The van der Waals surface area contributed by atoms with Crippen LogP contribution in [0.1, 0.15) is 56.1 Å². The van der Waals surface area contributed by atoms with Crippen LogP contribution in [0.4, 0.5) is 16.4 Å². The molecule has 2 heterocycles. The number of methoxy groups -OCH3 is 1. The molecule has 2 rings (SSSR count). The molecule has 0 aliphatic heterocycles. The van der Waals surface area contributed by atoms with E-state index < -0.39 is 0 Å². The normalized spacial score (nSPS) is 11.6. The highest BCUT2D eigenvalue weighted by molar-refractivity contribution is 6.02. The molecule has 0 aromatic carbocycles. The van der Waals surface area contributed by atoms with E-state index in [9.17, 15) is 9.59 Å². The number of aryl methyl sites for hydroxylation is 1. The van der Waals surface area contributed by atoms with Gasteiger partial charge in [0.1, 0.15) is 23.7 Å². The number of hydrogen-bond acceptors (Lipinski definition) is 6.